The van der Waals surface area contributed by atoms with Gasteiger partial charge < -0.3 is 10.0 Å². The number of fused-ring (bicyclic) bond motifs is 1. The first-order valence-corrected chi connectivity index (χ1v) is 8.83. The van der Waals surface area contributed by atoms with Crippen LogP contribution in [-0.4, -0.2) is 44.8 Å². The Morgan fingerprint density at radius 1 is 1.35 bits per heavy atom. The Hall–Kier alpha value is -2.94. The predicted octanol–water partition coefficient (Wildman–Crippen LogP) is 2.01. The van der Waals surface area contributed by atoms with E-state index >= 15 is 0 Å². The molecule has 0 bridgehead atoms. The van der Waals surface area contributed by atoms with Crippen LogP contribution in [0, 0.1) is 0 Å². The van der Waals surface area contributed by atoms with E-state index in [2.05, 4.69) is 15.3 Å². The first kappa shape index (κ1) is 16.5. The second-order valence-corrected chi connectivity index (χ2v) is 7.03. The summed E-state index contributed by atoms with van der Waals surface area (Å²) in [5.41, 5.74) is 1.40. The molecular weight excluding hydrogens is 356 g/mol. The highest BCUT2D eigenvalue weighted by Crippen LogP contribution is 2.32. The van der Waals surface area contributed by atoms with Crippen LogP contribution in [-0.2, 0) is 9.59 Å². The standard InChI is InChI=1S/C17H14N4O4S/c22-15-13(26-17(25)20-15)7-9-3-4-11-10(6-9)14(19-8-18-11)21-5-1-2-12(21)16(23)24/h3-4,6-8,12H,1-2,5H2,(H,23,24)(H,20,22,25)/b13-7-/t12-/m0/s1. The number of carbonyl (C=O) groups excluding carboxylic acids is 2. The first-order valence-electron chi connectivity index (χ1n) is 8.02. The van der Waals surface area contributed by atoms with Gasteiger partial charge in [-0.05, 0) is 48.4 Å². The number of carboxylic acids is 1. The molecule has 0 unspecified atom stereocenters. The highest BCUT2D eigenvalue weighted by molar-refractivity contribution is 8.18. The topological polar surface area (TPSA) is 112 Å². The third-order valence-corrected chi connectivity index (χ3v) is 5.20. The zero-order chi connectivity index (χ0) is 18.3. The number of nitrogens with zero attached hydrogens (tertiary/aromatic N) is 3. The zero-order valence-corrected chi connectivity index (χ0v) is 14.3. The Morgan fingerprint density at radius 2 is 2.19 bits per heavy atom. The van der Waals surface area contributed by atoms with Crippen LogP contribution in [0.25, 0.3) is 17.0 Å². The molecule has 1 aromatic carbocycles. The number of hydrogen-bond donors (Lipinski definition) is 2. The lowest BCUT2D eigenvalue weighted by molar-refractivity contribution is -0.138. The maximum Gasteiger partial charge on any atom is 0.326 e. The van der Waals surface area contributed by atoms with Crippen LogP contribution in [0.5, 0.6) is 0 Å². The third kappa shape index (κ3) is 2.90. The molecule has 132 valence electrons. The van der Waals surface area contributed by atoms with Gasteiger partial charge in [0.05, 0.1) is 10.4 Å². The van der Waals surface area contributed by atoms with Crippen molar-refractivity contribution in [1.82, 2.24) is 15.3 Å². The summed E-state index contributed by atoms with van der Waals surface area (Å²) in [4.78, 5) is 45.2. The van der Waals surface area contributed by atoms with Crippen LogP contribution >= 0.6 is 11.8 Å². The zero-order valence-electron chi connectivity index (χ0n) is 13.5. The molecule has 1 aromatic heterocycles. The molecule has 0 saturated carbocycles. The maximum atomic E-state index is 11.7. The van der Waals surface area contributed by atoms with Gasteiger partial charge in [-0.3, -0.25) is 14.9 Å². The van der Waals surface area contributed by atoms with Crippen molar-refractivity contribution in [2.24, 2.45) is 0 Å². The molecule has 8 nitrogen and oxygen atoms in total. The molecular formula is C17H14N4O4S. The van der Waals surface area contributed by atoms with E-state index < -0.39 is 23.2 Å². The van der Waals surface area contributed by atoms with Gasteiger partial charge in [0.15, 0.2) is 0 Å². The van der Waals surface area contributed by atoms with Crippen molar-refractivity contribution >= 4 is 51.7 Å². The van der Waals surface area contributed by atoms with Gasteiger partial charge in [-0.15, -0.1) is 0 Å². The number of benzene rings is 1. The number of aromatic nitrogens is 2. The second-order valence-electron chi connectivity index (χ2n) is 6.02. The van der Waals surface area contributed by atoms with E-state index in [-0.39, 0.29) is 0 Å². The van der Waals surface area contributed by atoms with Gasteiger partial charge >= 0.3 is 5.97 Å². The lowest BCUT2D eigenvalue weighted by Crippen LogP contribution is -2.36. The smallest absolute Gasteiger partial charge is 0.326 e. The van der Waals surface area contributed by atoms with Crippen LogP contribution in [0.2, 0.25) is 0 Å². The van der Waals surface area contributed by atoms with Crippen LogP contribution in [0.15, 0.2) is 29.4 Å². The molecule has 2 aliphatic heterocycles. The molecule has 2 aromatic rings. The molecule has 3 heterocycles. The van der Waals surface area contributed by atoms with Gasteiger partial charge in [-0.25, -0.2) is 14.8 Å². The molecule has 26 heavy (non-hydrogen) atoms. The number of thioether (sulfide) groups is 1. The minimum Gasteiger partial charge on any atom is -0.480 e. The predicted molar refractivity (Wildman–Crippen MR) is 96.6 cm³/mol. The van der Waals surface area contributed by atoms with E-state index in [9.17, 15) is 19.5 Å². The summed E-state index contributed by atoms with van der Waals surface area (Å²) in [7, 11) is 0. The van der Waals surface area contributed by atoms with E-state index in [4.69, 9.17) is 0 Å². The van der Waals surface area contributed by atoms with E-state index in [1.54, 1.807) is 23.1 Å². The van der Waals surface area contributed by atoms with Gasteiger partial charge in [-0.2, -0.15) is 0 Å². The first-order chi connectivity index (χ1) is 12.5. The number of carboxylic acid groups (broad SMARTS) is 1. The molecule has 2 N–H and O–H groups in total. The molecule has 2 fully saturated rings. The van der Waals surface area contributed by atoms with Crippen molar-refractivity contribution in [3.05, 3.63) is 35.0 Å². The number of imide groups is 1. The third-order valence-electron chi connectivity index (χ3n) is 4.39. The minimum atomic E-state index is -0.870. The molecule has 0 spiro atoms. The van der Waals surface area contributed by atoms with E-state index in [0.29, 0.717) is 40.2 Å². The molecule has 2 aliphatic rings. The van der Waals surface area contributed by atoms with Crippen LogP contribution in [0.1, 0.15) is 18.4 Å². The Morgan fingerprint density at radius 3 is 2.92 bits per heavy atom. The fourth-order valence-corrected chi connectivity index (χ4v) is 3.91. The number of amides is 2. The van der Waals surface area contributed by atoms with Gasteiger partial charge in [0.2, 0.25) is 0 Å². The number of rotatable bonds is 3. The number of hydrogen-bond acceptors (Lipinski definition) is 7. The SMILES string of the molecule is O=C1NC(=O)/C(=C/c2ccc3ncnc(N4CCC[C@H]4C(=O)O)c3c2)S1. The monoisotopic (exact) mass is 370 g/mol. The Labute approximate surface area is 152 Å². The van der Waals surface area contributed by atoms with Crippen molar-refractivity contribution in [3.63, 3.8) is 0 Å². The summed E-state index contributed by atoms with van der Waals surface area (Å²) in [5.74, 6) is -0.722. The van der Waals surface area contributed by atoms with E-state index in [1.807, 2.05) is 6.07 Å². The van der Waals surface area contributed by atoms with Crippen molar-refractivity contribution < 1.29 is 19.5 Å². The normalized spacial score (nSPS) is 21.6. The minimum absolute atomic E-state index is 0.317. The Balaban J connectivity index is 1.78. The molecule has 2 saturated heterocycles. The molecule has 2 amide bonds. The number of aliphatic carboxylic acids is 1. The average molecular weight is 370 g/mol. The quantitative estimate of drug-likeness (QED) is 0.789. The number of carbonyl (C=O) groups is 3. The molecule has 1 atom stereocenters. The lowest BCUT2D eigenvalue weighted by atomic mass is 10.1. The summed E-state index contributed by atoms with van der Waals surface area (Å²) in [6.45, 7) is 0.612. The molecule has 0 aliphatic carbocycles. The van der Waals surface area contributed by atoms with Crippen molar-refractivity contribution in [1.29, 1.82) is 0 Å². The Bertz CT molecular complexity index is 974. The van der Waals surface area contributed by atoms with Crippen LogP contribution in [0.3, 0.4) is 0 Å². The Kier molecular flexibility index (Phi) is 4.08. The fraction of sp³-hybridized carbons (Fsp3) is 0.235. The van der Waals surface area contributed by atoms with Crippen molar-refractivity contribution in [2.75, 3.05) is 11.4 Å². The number of anilines is 1. The van der Waals surface area contributed by atoms with Crippen molar-refractivity contribution in [2.45, 2.75) is 18.9 Å². The van der Waals surface area contributed by atoms with Gasteiger partial charge in [-0.1, -0.05) is 6.07 Å². The molecule has 4 rings (SSSR count). The summed E-state index contributed by atoms with van der Waals surface area (Å²) >= 11 is 0.850. The second kappa shape index (κ2) is 6.41. The summed E-state index contributed by atoms with van der Waals surface area (Å²) in [6.07, 6.45) is 4.40. The number of nitrogens with one attached hydrogen (secondary N) is 1. The lowest BCUT2D eigenvalue weighted by Gasteiger charge is -2.23. The van der Waals surface area contributed by atoms with Crippen molar-refractivity contribution in [3.8, 4) is 0 Å². The summed E-state index contributed by atoms with van der Waals surface area (Å²) < 4.78 is 0. The van der Waals surface area contributed by atoms with E-state index in [1.165, 1.54) is 6.33 Å². The van der Waals surface area contributed by atoms with Gasteiger partial charge in [0.25, 0.3) is 11.1 Å². The highest BCUT2D eigenvalue weighted by Gasteiger charge is 2.32. The van der Waals surface area contributed by atoms with Crippen LogP contribution < -0.4 is 10.2 Å². The van der Waals surface area contributed by atoms with Gasteiger partial charge in [0, 0.05) is 11.9 Å². The fourth-order valence-electron chi connectivity index (χ4n) is 3.23. The highest BCUT2D eigenvalue weighted by atomic mass is 32.2. The largest absolute Gasteiger partial charge is 0.480 e. The summed E-state index contributed by atoms with van der Waals surface area (Å²) in [5, 5.41) is 12.0. The van der Waals surface area contributed by atoms with Crippen LogP contribution in [0.4, 0.5) is 10.6 Å². The maximum absolute atomic E-state index is 11.7. The average Bonchev–Trinajstić information content (AvgIpc) is 3.21. The molecule has 9 heteroatoms. The van der Waals surface area contributed by atoms with E-state index in [0.717, 1.165) is 18.2 Å². The van der Waals surface area contributed by atoms with Gasteiger partial charge in [0.1, 0.15) is 18.2 Å². The summed E-state index contributed by atoms with van der Waals surface area (Å²) in [6, 6.07) is 4.79. The molecule has 0 radical (unpaired) electrons.